The molecular formula is C14H21NO5. The van der Waals surface area contributed by atoms with Gasteiger partial charge in [0.25, 0.3) is 0 Å². The van der Waals surface area contributed by atoms with Crippen molar-refractivity contribution in [1.29, 1.82) is 0 Å². The number of hydrogen-bond donors (Lipinski definition) is 1. The number of benzene rings is 1. The van der Waals surface area contributed by atoms with Crippen LogP contribution in [0.4, 0.5) is 5.69 Å². The van der Waals surface area contributed by atoms with Crippen LogP contribution in [-0.4, -0.2) is 23.7 Å². The highest BCUT2D eigenvalue weighted by Gasteiger charge is 2.24. The van der Waals surface area contributed by atoms with Gasteiger partial charge in [-0.3, -0.25) is 10.1 Å². The summed E-state index contributed by atoms with van der Waals surface area (Å²) in [5, 5.41) is 21.0. The SMILES string of the molecule is CCCCOc1c(OC)cc(C(O)CC)cc1[N+](=O)[O-]. The highest BCUT2D eigenvalue weighted by atomic mass is 16.6. The van der Waals surface area contributed by atoms with E-state index < -0.39 is 11.0 Å². The van der Waals surface area contributed by atoms with E-state index in [2.05, 4.69) is 0 Å². The second-order valence-corrected chi connectivity index (χ2v) is 4.45. The molecule has 0 amide bonds. The minimum absolute atomic E-state index is 0.123. The van der Waals surface area contributed by atoms with Crippen molar-refractivity contribution in [3.63, 3.8) is 0 Å². The molecule has 1 aromatic rings. The lowest BCUT2D eigenvalue weighted by atomic mass is 10.1. The van der Waals surface area contributed by atoms with E-state index in [9.17, 15) is 15.2 Å². The van der Waals surface area contributed by atoms with Crippen LogP contribution in [0.15, 0.2) is 12.1 Å². The Balaban J connectivity index is 3.21. The van der Waals surface area contributed by atoms with Gasteiger partial charge >= 0.3 is 5.69 Å². The molecule has 0 saturated carbocycles. The second kappa shape index (κ2) is 7.69. The van der Waals surface area contributed by atoms with Crippen molar-refractivity contribution in [2.45, 2.75) is 39.2 Å². The number of nitrogens with zero attached hydrogens (tertiary/aromatic N) is 1. The zero-order valence-electron chi connectivity index (χ0n) is 12.1. The van der Waals surface area contributed by atoms with Gasteiger partial charge in [0, 0.05) is 6.07 Å². The maximum Gasteiger partial charge on any atom is 0.315 e. The normalized spacial score (nSPS) is 12.0. The molecule has 0 aliphatic rings. The molecule has 0 aliphatic carbocycles. The summed E-state index contributed by atoms with van der Waals surface area (Å²) in [5.41, 5.74) is 0.279. The predicted molar refractivity (Wildman–Crippen MR) is 75.3 cm³/mol. The van der Waals surface area contributed by atoms with Crippen molar-refractivity contribution in [3.8, 4) is 11.5 Å². The Morgan fingerprint density at radius 2 is 2.10 bits per heavy atom. The number of unbranched alkanes of at least 4 members (excludes halogenated alkanes) is 1. The molecular weight excluding hydrogens is 262 g/mol. The molecule has 0 aromatic heterocycles. The first-order chi connectivity index (χ1) is 9.54. The largest absolute Gasteiger partial charge is 0.493 e. The summed E-state index contributed by atoms with van der Waals surface area (Å²) in [6, 6.07) is 2.93. The third-order valence-corrected chi connectivity index (χ3v) is 2.99. The topological polar surface area (TPSA) is 81.8 Å². The molecule has 0 heterocycles. The van der Waals surface area contributed by atoms with Crippen LogP contribution in [-0.2, 0) is 0 Å². The molecule has 1 atom stereocenters. The van der Waals surface area contributed by atoms with Crippen LogP contribution in [0.25, 0.3) is 0 Å². The van der Waals surface area contributed by atoms with E-state index in [4.69, 9.17) is 9.47 Å². The van der Waals surface area contributed by atoms with Gasteiger partial charge in [-0.1, -0.05) is 20.3 Å². The lowest BCUT2D eigenvalue weighted by Gasteiger charge is -2.14. The van der Waals surface area contributed by atoms with E-state index in [0.717, 1.165) is 12.8 Å². The van der Waals surface area contributed by atoms with Crippen LogP contribution in [0.2, 0.25) is 0 Å². The van der Waals surface area contributed by atoms with Gasteiger partial charge in [-0.2, -0.15) is 0 Å². The third-order valence-electron chi connectivity index (χ3n) is 2.99. The minimum atomic E-state index is -0.757. The van der Waals surface area contributed by atoms with Gasteiger partial charge in [-0.15, -0.1) is 0 Å². The zero-order chi connectivity index (χ0) is 15.1. The molecule has 0 saturated heterocycles. The Morgan fingerprint density at radius 1 is 1.40 bits per heavy atom. The van der Waals surface area contributed by atoms with E-state index in [1.54, 1.807) is 13.0 Å². The number of nitro benzene ring substituents is 1. The van der Waals surface area contributed by atoms with Crippen molar-refractivity contribution >= 4 is 5.69 Å². The van der Waals surface area contributed by atoms with Crippen LogP contribution in [0.5, 0.6) is 11.5 Å². The van der Waals surface area contributed by atoms with Crippen molar-refractivity contribution in [1.82, 2.24) is 0 Å². The number of aliphatic hydroxyl groups excluding tert-OH is 1. The lowest BCUT2D eigenvalue weighted by Crippen LogP contribution is -2.05. The summed E-state index contributed by atoms with van der Waals surface area (Å²) in [6.07, 6.45) is 1.45. The maximum absolute atomic E-state index is 11.2. The second-order valence-electron chi connectivity index (χ2n) is 4.45. The first-order valence-electron chi connectivity index (χ1n) is 6.72. The number of ether oxygens (including phenoxy) is 2. The Kier molecular flexibility index (Phi) is 6.24. The Bertz CT molecular complexity index is 461. The van der Waals surface area contributed by atoms with Gasteiger partial charge in [0.05, 0.1) is 24.7 Å². The smallest absolute Gasteiger partial charge is 0.315 e. The van der Waals surface area contributed by atoms with Crippen LogP contribution in [0.3, 0.4) is 0 Å². The predicted octanol–water partition coefficient (Wildman–Crippen LogP) is 3.23. The fourth-order valence-corrected chi connectivity index (χ4v) is 1.79. The molecule has 0 fully saturated rings. The number of hydrogen-bond acceptors (Lipinski definition) is 5. The summed E-state index contributed by atoms with van der Waals surface area (Å²) in [5.74, 6) is 0.399. The quantitative estimate of drug-likeness (QED) is 0.450. The fourth-order valence-electron chi connectivity index (χ4n) is 1.79. The van der Waals surface area contributed by atoms with Gasteiger partial charge < -0.3 is 14.6 Å². The van der Waals surface area contributed by atoms with Gasteiger partial charge in [0.2, 0.25) is 5.75 Å². The monoisotopic (exact) mass is 283 g/mol. The van der Waals surface area contributed by atoms with Gasteiger partial charge in [0.1, 0.15) is 0 Å². The molecule has 1 N–H and O–H groups in total. The van der Waals surface area contributed by atoms with Crippen LogP contribution < -0.4 is 9.47 Å². The van der Waals surface area contributed by atoms with E-state index in [0.29, 0.717) is 18.6 Å². The Labute approximate surface area is 118 Å². The van der Waals surface area contributed by atoms with E-state index >= 15 is 0 Å². The molecule has 1 aromatic carbocycles. The fraction of sp³-hybridized carbons (Fsp3) is 0.571. The number of aliphatic hydroxyl groups is 1. The molecule has 1 unspecified atom stereocenters. The van der Waals surface area contributed by atoms with Gasteiger partial charge in [-0.25, -0.2) is 0 Å². The molecule has 20 heavy (non-hydrogen) atoms. The number of nitro groups is 1. The molecule has 6 heteroatoms. The molecule has 6 nitrogen and oxygen atoms in total. The molecule has 1 rings (SSSR count). The lowest BCUT2D eigenvalue weighted by molar-refractivity contribution is -0.386. The number of methoxy groups -OCH3 is 1. The molecule has 0 radical (unpaired) electrons. The van der Waals surface area contributed by atoms with Crippen LogP contribution >= 0.6 is 0 Å². The number of rotatable bonds is 8. The minimum Gasteiger partial charge on any atom is -0.493 e. The first kappa shape index (κ1) is 16.2. The highest BCUT2D eigenvalue weighted by Crippen LogP contribution is 2.40. The van der Waals surface area contributed by atoms with Crippen molar-refractivity contribution in [2.24, 2.45) is 0 Å². The summed E-state index contributed by atoms with van der Waals surface area (Å²) in [4.78, 5) is 10.7. The summed E-state index contributed by atoms with van der Waals surface area (Å²) in [6.45, 7) is 4.20. The van der Waals surface area contributed by atoms with Gasteiger partial charge in [0.15, 0.2) is 5.75 Å². The van der Waals surface area contributed by atoms with Gasteiger partial charge in [-0.05, 0) is 24.5 Å². The molecule has 0 aliphatic heterocycles. The van der Waals surface area contributed by atoms with E-state index in [1.165, 1.54) is 13.2 Å². The Morgan fingerprint density at radius 3 is 2.60 bits per heavy atom. The van der Waals surface area contributed by atoms with Crippen molar-refractivity contribution < 1.29 is 19.5 Å². The third kappa shape index (κ3) is 3.84. The van der Waals surface area contributed by atoms with Crippen molar-refractivity contribution in [2.75, 3.05) is 13.7 Å². The van der Waals surface area contributed by atoms with Crippen molar-refractivity contribution in [3.05, 3.63) is 27.8 Å². The first-order valence-corrected chi connectivity index (χ1v) is 6.72. The molecule has 0 bridgehead atoms. The molecule has 112 valence electrons. The van der Waals surface area contributed by atoms with Crippen LogP contribution in [0.1, 0.15) is 44.8 Å². The zero-order valence-corrected chi connectivity index (χ0v) is 12.1. The summed E-state index contributed by atoms with van der Waals surface area (Å²) >= 11 is 0. The van der Waals surface area contributed by atoms with E-state index in [-0.39, 0.29) is 17.2 Å². The average Bonchev–Trinajstić information content (AvgIpc) is 2.46. The van der Waals surface area contributed by atoms with Crippen LogP contribution in [0, 0.1) is 10.1 Å². The maximum atomic E-state index is 11.2. The summed E-state index contributed by atoms with van der Waals surface area (Å²) in [7, 11) is 1.42. The average molecular weight is 283 g/mol. The molecule has 0 spiro atoms. The van der Waals surface area contributed by atoms with E-state index in [1.807, 2.05) is 6.92 Å². The highest BCUT2D eigenvalue weighted by molar-refractivity contribution is 5.58. The standard InChI is InChI=1S/C14H21NO5/c1-4-6-7-20-14-11(15(17)18)8-10(12(16)5-2)9-13(14)19-3/h8-9,12,16H,4-7H2,1-3H3. The summed E-state index contributed by atoms with van der Waals surface area (Å²) < 4.78 is 10.6. The Hall–Kier alpha value is -1.82.